The number of thiophene rings is 1. The molecule has 8 nitrogen and oxygen atoms in total. The third-order valence-electron chi connectivity index (χ3n) is 3.79. The fraction of sp³-hybridized carbons (Fsp3) is 0.0556. The number of amides is 1. The number of para-hydroxylation sites is 2. The lowest BCUT2D eigenvalue weighted by atomic mass is 10.2. The number of anilines is 2. The lowest BCUT2D eigenvalue weighted by Gasteiger charge is -2.13. The van der Waals surface area contributed by atoms with Gasteiger partial charge in [0.05, 0.1) is 30.9 Å². The number of benzene rings is 2. The molecule has 3 rings (SSSR count). The van der Waals surface area contributed by atoms with Crippen molar-refractivity contribution in [2.75, 3.05) is 10.0 Å². The van der Waals surface area contributed by atoms with Crippen LogP contribution in [0.4, 0.5) is 17.1 Å². The summed E-state index contributed by atoms with van der Waals surface area (Å²) in [6, 6.07) is 15.3. The fourth-order valence-electron chi connectivity index (χ4n) is 2.43. The Labute approximate surface area is 165 Å². The van der Waals surface area contributed by atoms with Gasteiger partial charge in [-0.1, -0.05) is 30.3 Å². The second-order valence-electron chi connectivity index (χ2n) is 5.73. The zero-order valence-corrected chi connectivity index (χ0v) is 16.2. The first-order valence-electron chi connectivity index (χ1n) is 8.01. The Hall–Kier alpha value is -3.24. The van der Waals surface area contributed by atoms with Crippen molar-refractivity contribution in [2.24, 2.45) is 0 Å². The van der Waals surface area contributed by atoms with E-state index in [0.29, 0.717) is 4.88 Å². The number of nitrogens with one attached hydrogen (secondary N) is 2. The molecule has 0 saturated carbocycles. The normalized spacial score (nSPS) is 11.0. The Balaban J connectivity index is 1.86. The number of nitrogens with zero attached hydrogens (tertiary/aromatic N) is 1. The molecule has 0 radical (unpaired) electrons. The summed E-state index contributed by atoms with van der Waals surface area (Å²) in [7, 11) is -3.84. The summed E-state index contributed by atoms with van der Waals surface area (Å²) < 4.78 is 27.5. The number of rotatable bonds is 6. The van der Waals surface area contributed by atoms with Crippen LogP contribution in [0.25, 0.3) is 0 Å². The van der Waals surface area contributed by atoms with Crippen molar-refractivity contribution in [3.63, 3.8) is 0 Å². The molecule has 0 unspecified atom stereocenters. The molecule has 1 heterocycles. The maximum atomic E-state index is 12.5. The third kappa shape index (κ3) is 4.18. The zero-order chi connectivity index (χ0) is 20.3. The first-order valence-corrected chi connectivity index (χ1v) is 10.3. The van der Waals surface area contributed by atoms with E-state index in [1.54, 1.807) is 37.3 Å². The van der Waals surface area contributed by atoms with E-state index >= 15 is 0 Å². The maximum Gasteiger partial charge on any atom is 0.283 e. The smallest absolute Gasteiger partial charge is 0.283 e. The standard InChI is InChI=1S/C18H15N3O5S2/c1-12-16(21(23)24)11-17(27-12)18(22)19-14-9-5-6-10-15(14)20-28(25,26)13-7-3-2-4-8-13/h2-11,20H,1H3,(H,19,22). The van der Waals surface area contributed by atoms with Crippen LogP contribution in [0.15, 0.2) is 65.6 Å². The van der Waals surface area contributed by atoms with Gasteiger partial charge >= 0.3 is 0 Å². The molecular formula is C18H15N3O5S2. The van der Waals surface area contributed by atoms with Crippen LogP contribution < -0.4 is 10.0 Å². The zero-order valence-electron chi connectivity index (χ0n) is 14.6. The minimum atomic E-state index is -3.84. The van der Waals surface area contributed by atoms with Crippen molar-refractivity contribution in [3.8, 4) is 0 Å². The first-order chi connectivity index (χ1) is 13.3. The topological polar surface area (TPSA) is 118 Å². The van der Waals surface area contributed by atoms with Gasteiger partial charge in [0.1, 0.15) is 0 Å². The highest BCUT2D eigenvalue weighted by Crippen LogP contribution is 2.30. The highest BCUT2D eigenvalue weighted by molar-refractivity contribution is 7.92. The van der Waals surface area contributed by atoms with Crippen molar-refractivity contribution >= 4 is 44.3 Å². The number of hydrogen-bond acceptors (Lipinski definition) is 6. The Morgan fingerprint density at radius 3 is 2.25 bits per heavy atom. The average molecular weight is 417 g/mol. The number of nitro groups is 1. The minimum Gasteiger partial charge on any atom is -0.319 e. The average Bonchev–Trinajstić information content (AvgIpc) is 3.06. The van der Waals surface area contributed by atoms with Crippen LogP contribution in [0.5, 0.6) is 0 Å². The molecule has 1 aromatic heterocycles. The van der Waals surface area contributed by atoms with Crippen LogP contribution >= 0.6 is 11.3 Å². The summed E-state index contributed by atoms with van der Waals surface area (Å²) >= 11 is 0.994. The molecule has 2 aromatic carbocycles. The second kappa shape index (κ2) is 7.79. The molecule has 10 heteroatoms. The Kier molecular flexibility index (Phi) is 5.43. The fourth-order valence-corrected chi connectivity index (χ4v) is 4.42. The number of sulfonamides is 1. The number of hydrogen-bond donors (Lipinski definition) is 2. The molecule has 2 N–H and O–H groups in total. The molecular weight excluding hydrogens is 402 g/mol. The molecule has 3 aromatic rings. The predicted molar refractivity (Wildman–Crippen MR) is 107 cm³/mol. The van der Waals surface area contributed by atoms with E-state index in [4.69, 9.17) is 0 Å². The van der Waals surface area contributed by atoms with Gasteiger partial charge in [-0.25, -0.2) is 8.42 Å². The number of aryl methyl sites for hydroxylation is 1. The number of carbonyl (C=O) groups is 1. The third-order valence-corrected chi connectivity index (χ3v) is 6.21. The first kappa shape index (κ1) is 19.5. The van der Waals surface area contributed by atoms with E-state index in [1.807, 2.05) is 0 Å². The molecule has 28 heavy (non-hydrogen) atoms. The largest absolute Gasteiger partial charge is 0.319 e. The lowest BCUT2D eigenvalue weighted by molar-refractivity contribution is -0.385. The highest BCUT2D eigenvalue weighted by atomic mass is 32.2. The van der Waals surface area contributed by atoms with Crippen molar-refractivity contribution in [1.29, 1.82) is 0 Å². The predicted octanol–water partition coefficient (Wildman–Crippen LogP) is 4.02. The Morgan fingerprint density at radius 2 is 1.64 bits per heavy atom. The summed E-state index contributed by atoms with van der Waals surface area (Å²) in [5, 5.41) is 13.6. The quantitative estimate of drug-likeness (QED) is 0.464. The molecule has 0 spiro atoms. The van der Waals surface area contributed by atoms with Crippen LogP contribution in [0.1, 0.15) is 14.5 Å². The van der Waals surface area contributed by atoms with Crippen LogP contribution in [-0.2, 0) is 10.0 Å². The molecule has 144 valence electrons. The van der Waals surface area contributed by atoms with E-state index in [2.05, 4.69) is 10.0 Å². The number of carbonyl (C=O) groups excluding carboxylic acids is 1. The van der Waals surface area contributed by atoms with Crippen molar-refractivity contribution in [1.82, 2.24) is 0 Å². The molecule has 0 aliphatic heterocycles. The Bertz CT molecular complexity index is 1140. The van der Waals surface area contributed by atoms with Gasteiger partial charge in [-0.3, -0.25) is 19.6 Å². The minimum absolute atomic E-state index is 0.0839. The van der Waals surface area contributed by atoms with Gasteiger partial charge in [0.25, 0.3) is 21.6 Å². The van der Waals surface area contributed by atoms with Crippen molar-refractivity contribution < 1.29 is 18.1 Å². The van der Waals surface area contributed by atoms with Gasteiger partial charge in [-0.15, -0.1) is 11.3 Å². The molecule has 1 amide bonds. The summed E-state index contributed by atoms with van der Waals surface area (Å²) in [5.74, 6) is -0.562. The molecule has 0 atom stereocenters. The molecule has 0 fully saturated rings. The van der Waals surface area contributed by atoms with Gasteiger partial charge in [-0.2, -0.15) is 0 Å². The lowest BCUT2D eigenvalue weighted by Crippen LogP contribution is -2.16. The molecule has 0 bridgehead atoms. The summed E-state index contributed by atoms with van der Waals surface area (Å²) in [4.78, 5) is 23.6. The van der Waals surface area contributed by atoms with Gasteiger partial charge in [0.15, 0.2) is 0 Å². The molecule has 0 aliphatic rings. The van der Waals surface area contributed by atoms with Crippen LogP contribution in [-0.4, -0.2) is 19.2 Å². The maximum absolute atomic E-state index is 12.5. The van der Waals surface area contributed by atoms with Gasteiger partial charge < -0.3 is 5.32 Å². The van der Waals surface area contributed by atoms with Gasteiger partial charge in [0, 0.05) is 6.07 Å². The van der Waals surface area contributed by atoms with Crippen LogP contribution in [0.2, 0.25) is 0 Å². The van der Waals surface area contributed by atoms with Crippen LogP contribution in [0.3, 0.4) is 0 Å². The van der Waals surface area contributed by atoms with Crippen LogP contribution in [0, 0.1) is 17.0 Å². The van der Waals surface area contributed by atoms with E-state index in [0.717, 1.165) is 11.3 Å². The SMILES string of the molecule is Cc1sc(C(=O)Nc2ccccc2NS(=O)(=O)c2ccccc2)cc1[N+](=O)[O-]. The summed E-state index contributed by atoms with van der Waals surface area (Å²) in [6.45, 7) is 1.56. The van der Waals surface area contributed by atoms with E-state index in [-0.39, 0.29) is 26.8 Å². The van der Waals surface area contributed by atoms with Crippen molar-refractivity contribution in [2.45, 2.75) is 11.8 Å². The second-order valence-corrected chi connectivity index (χ2v) is 8.67. The summed E-state index contributed by atoms with van der Waals surface area (Å²) in [5.41, 5.74) is 0.288. The van der Waals surface area contributed by atoms with Crippen molar-refractivity contribution in [3.05, 3.63) is 80.5 Å². The molecule has 0 saturated heterocycles. The van der Waals surface area contributed by atoms with E-state index in [1.165, 1.54) is 30.3 Å². The van der Waals surface area contributed by atoms with Gasteiger partial charge in [0.2, 0.25) is 0 Å². The molecule has 0 aliphatic carbocycles. The van der Waals surface area contributed by atoms with E-state index in [9.17, 15) is 23.3 Å². The van der Waals surface area contributed by atoms with E-state index < -0.39 is 20.9 Å². The summed E-state index contributed by atoms with van der Waals surface area (Å²) in [6.07, 6.45) is 0. The van der Waals surface area contributed by atoms with Gasteiger partial charge in [-0.05, 0) is 31.2 Å². The monoisotopic (exact) mass is 417 g/mol. The Morgan fingerprint density at radius 1 is 1.04 bits per heavy atom. The highest BCUT2D eigenvalue weighted by Gasteiger charge is 2.21.